The number of phenols is 2. The van der Waals surface area contributed by atoms with Gasteiger partial charge < -0.3 is 47.6 Å². The van der Waals surface area contributed by atoms with Gasteiger partial charge in [-0.25, -0.2) is 0 Å². The molecular formula is C52H67N7O8. The van der Waals surface area contributed by atoms with E-state index >= 15 is 0 Å². The fraction of sp³-hybridized carbons (Fsp3) is 0.442. The van der Waals surface area contributed by atoms with Crippen molar-refractivity contribution in [1.29, 1.82) is 0 Å². The van der Waals surface area contributed by atoms with Gasteiger partial charge in [0.2, 0.25) is 17.7 Å². The normalized spacial score (nSPS) is 17.5. The van der Waals surface area contributed by atoms with E-state index in [9.17, 15) is 39.3 Å². The number of hydrogen-bond acceptors (Lipinski definition) is 10. The molecule has 0 spiro atoms. The molecule has 15 nitrogen and oxygen atoms in total. The van der Waals surface area contributed by atoms with Crippen molar-refractivity contribution in [3.8, 4) is 11.5 Å². The lowest BCUT2D eigenvalue weighted by Crippen LogP contribution is -2.61. The topological polar surface area (TPSA) is 235 Å². The van der Waals surface area contributed by atoms with Crippen LogP contribution in [0.15, 0.2) is 109 Å². The number of aliphatic hydroxyl groups excluding tert-OH is 1. The first-order valence-corrected chi connectivity index (χ1v) is 23.5. The number of nitrogens with two attached hydrogens (primary N) is 1. The van der Waals surface area contributed by atoms with Crippen LogP contribution in [0.1, 0.15) is 92.3 Å². The minimum atomic E-state index is -1.67. The Labute approximate surface area is 393 Å². The monoisotopic (exact) mass is 918 g/mol. The van der Waals surface area contributed by atoms with Crippen molar-refractivity contribution < 1.29 is 39.3 Å². The average molecular weight is 918 g/mol. The van der Waals surface area contributed by atoms with Gasteiger partial charge in [0.05, 0.1) is 17.1 Å². The van der Waals surface area contributed by atoms with Crippen LogP contribution in [-0.4, -0.2) is 99.7 Å². The number of rotatable bonds is 20. The van der Waals surface area contributed by atoms with Gasteiger partial charge in [0.25, 0.3) is 11.8 Å². The van der Waals surface area contributed by atoms with E-state index in [2.05, 4.69) is 43.6 Å². The van der Waals surface area contributed by atoms with Crippen LogP contribution >= 0.6 is 0 Å². The molecule has 1 saturated heterocycles. The van der Waals surface area contributed by atoms with E-state index in [4.69, 9.17) is 5.73 Å². The highest BCUT2D eigenvalue weighted by atomic mass is 16.3. The van der Waals surface area contributed by atoms with Gasteiger partial charge >= 0.3 is 0 Å². The maximum Gasteiger partial charge on any atom is 0.255 e. The predicted molar refractivity (Wildman–Crippen MR) is 255 cm³/mol. The van der Waals surface area contributed by atoms with Crippen LogP contribution in [0.3, 0.4) is 0 Å². The summed E-state index contributed by atoms with van der Waals surface area (Å²) in [7, 11) is 0. The first kappa shape index (κ1) is 50.1. The Kier molecular flexibility index (Phi) is 17.9. The first-order valence-electron chi connectivity index (χ1n) is 23.5. The zero-order valence-electron chi connectivity index (χ0n) is 38.5. The second kappa shape index (κ2) is 23.9. The van der Waals surface area contributed by atoms with E-state index in [0.717, 1.165) is 61.9 Å². The molecule has 5 atom stereocenters. The first-order chi connectivity index (χ1) is 32.2. The molecule has 15 heteroatoms. The number of carbonyl (C=O) groups excluding carboxylic acids is 5. The van der Waals surface area contributed by atoms with Crippen molar-refractivity contribution in [2.45, 2.75) is 114 Å². The minimum Gasteiger partial charge on any atom is -0.508 e. The average Bonchev–Trinajstić information content (AvgIpc) is 3.34. The number of phenolic OH excluding ortho intramolecular Hbond substituents is 2. The van der Waals surface area contributed by atoms with Gasteiger partial charge in [-0.2, -0.15) is 0 Å². The molecule has 0 aromatic heterocycles. The molecule has 1 aliphatic carbocycles. The summed E-state index contributed by atoms with van der Waals surface area (Å²) in [5.74, 6) is -4.26. The summed E-state index contributed by atoms with van der Waals surface area (Å²) in [5.41, 5.74) is 8.08. The number of nitrogens with one attached hydrogen (secondary N) is 5. The fourth-order valence-electron chi connectivity index (χ4n) is 9.20. The van der Waals surface area contributed by atoms with Crippen LogP contribution in [-0.2, 0) is 37.7 Å². The molecule has 4 aromatic carbocycles. The maximum atomic E-state index is 14.6. The highest BCUT2D eigenvalue weighted by Crippen LogP contribution is 2.34. The third kappa shape index (κ3) is 14.1. The van der Waals surface area contributed by atoms with Gasteiger partial charge in [-0.3, -0.25) is 28.9 Å². The number of carbonyl (C=O) groups is 5. The highest BCUT2D eigenvalue weighted by molar-refractivity contribution is 5.98. The molecule has 6 rings (SSSR count). The highest BCUT2D eigenvalue weighted by Gasteiger charge is 2.41. The zero-order valence-corrected chi connectivity index (χ0v) is 38.5. The molecule has 1 aliphatic heterocycles. The van der Waals surface area contributed by atoms with E-state index in [1.165, 1.54) is 11.6 Å². The number of hydrogen-bond donors (Lipinski definition) is 9. The Morgan fingerprint density at radius 3 is 1.97 bits per heavy atom. The van der Waals surface area contributed by atoms with Crippen molar-refractivity contribution in [2.75, 3.05) is 19.6 Å². The lowest BCUT2D eigenvalue weighted by molar-refractivity contribution is -0.136. The van der Waals surface area contributed by atoms with Crippen molar-refractivity contribution >= 4 is 29.5 Å². The van der Waals surface area contributed by atoms with E-state index in [0.29, 0.717) is 32.4 Å². The molecular weight excluding hydrogens is 851 g/mol. The fourth-order valence-corrected chi connectivity index (χ4v) is 9.20. The Morgan fingerprint density at radius 2 is 1.34 bits per heavy atom. The van der Waals surface area contributed by atoms with Crippen LogP contribution in [0.4, 0.5) is 0 Å². The summed E-state index contributed by atoms with van der Waals surface area (Å²) < 4.78 is 0. The van der Waals surface area contributed by atoms with E-state index in [1.54, 1.807) is 13.8 Å². The molecule has 2 aliphatic rings. The number of aromatic hydroxyl groups is 2. The van der Waals surface area contributed by atoms with E-state index < -0.39 is 71.3 Å². The van der Waals surface area contributed by atoms with Crippen LogP contribution < -0.4 is 32.3 Å². The number of benzene rings is 4. The largest absolute Gasteiger partial charge is 0.508 e. The Hall–Kier alpha value is -6.29. The van der Waals surface area contributed by atoms with Gasteiger partial charge in [0.15, 0.2) is 6.10 Å². The minimum absolute atomic E-state index is 0.124. The quantitative estimate of drug-likeness (QED) is 0.0575. The van der Waals surface area contributed by atoms with Gasteiger partial charge in [-0.1, -0.05) is 137 Å². The third-order valence-corrected chi connectivity index (χ3v) is 13.1. The number of likely N-dealkylation sites (tertiary alicyclic amines) is 1. The van der Waals surface area contributed by atoms with Crippen LogP contribution in [0.25, 0.3) is 0 Å². The summed E-state index contributed by atoms with van der Waals surface area (Å²) >= 11 is 0. The molecule has 0 bridgehead atoms. The van der Waals surface area contributed by atoms with Crippen LogP contribution in [0.5, 0.6) is 11.5 Å². The van der Waals surface area contributed by atoms with Gasteiger partial charge in [0.1, 0.15) is 29.6 Å². The molecule has 5 amide bonds. The molecule has 358 valence electrons. The molecule has 2 fully saturated rings. The lowest BCUT2D eigenvalue weighted by atomic mass is 9.80. The smallest absolute Gasteiger partial charge is 0.255 e. The summed E-state index contributed by atoms with van der Waals surface area (Å²) in [4.78, 5) is 71.7. The number of aliphatic hydroxyl groups is 1. The summed E-state index contributed by atoms with van der Waals surface area (Å²) in [6.07, 6.45) is 4.75. The predicted octanol–water partition coefficient (Wildman–Crippen LogP) is 4.15. The summed E-state index contributed by atoms with van der Waals surface area (Å²) in [5, 5.41) is 46.2. The van der Waals surface area contributed by atoms with Gasteiger partial charge in [0, 0.05) is 26.2 Å². The maximum absolute atomic E-state index is 14.6. The molecule has 4 aromatic rings. The lowest BCUT2D eigenvalue weighted by Gasteiger charge is -2.43. The standard InChI is InChI=1S/C52H67N7O8/c1-34(2)45(57-48(64)41(53)32-54-47(63)40-31-39(60)23-24-44(40)61)50(66)56-43(30-36-17-9-4-10-18-36)49(65)55-42(29-35-15-7-3-8-16-35)46(62)51(67)58-52(38-21-13-6-14-22-38)25-27-59(28-26-52)33-37-19-11-5-12-20-37/h3,5-8,11-16,19-24,31,34,36,41-43,45-46,60-62H,4,9-10,17-18,25-30,32-33,53H2,1-2H3,(H,54,63)(H,55,65)(H,56,66)(H,57,64)(H,58,67)/t41-,42-,43-,45-,46+/m0/s1. The molecule has 10 N–H and O–H groups in total. The SMILES string of the molecule is CC(C)[C@H](NC(=O)[C@@H](N)CNC(=O)c1cc(O)ccc1O)C(=O)N[C@@H](CC1CCCCC1)C(=O)N[C@@H](Cc1ccccc1)[C@@H](O)C(=O)NC1(c2ccccc2)CCN(Cc2ccccc2)CC1. The second-order valence-electron chi connectivity index (χ2n) is 18.5. The second-order valence-corrected chi connectivity index (χ2v) is 18.5. The van der Waals surface area contributed by atoms with Gasteiger partial charge in [-0.15, -0.1) is 0 Å². The third-order valence-electron chi connectivity index (χ3n) is 13.1. The zero-order chi connectivity index (χ0) is 47.9. The summed E-state index contributed by atoms with van der Waals surface area (Å²) in [6.45, 7) is 5.31. The van der Waals surface area contributed by atoms with Gasteiger partial charge in [-0.05, 0) is 72.4 Å². The summed E-state index contributed by atoms with van der Waals surface area (Å²) in [6, 6.07) is 28.2. The van der Waals surface area contributed by atoms with Crippen LogP contribution in [0.2, 0.25) is 0 Å². The van der Waals surface area contributed by atoms with Crippen molar-refractivity contribution in [1.82, 2.24) is 31.5 Å². The Bertz CT molecular complexity index is 2250. The number of nitrogens with zero attached hydrogens (tertiary/aromatic N) is 1. The molecule has 0 radical (unpaired) electrons. The molecule has 0 unspecified atom stereocenters. The van der Waals surface area contributed by atoms with Crippen molar-refractivity contribution in [3.63, 3.8) is 0 Å². The number of amides is 5. The van der Waals surface area contributed by atoms with Crippen LogP contribution in [0, 0.1) is 11.8 Å². The molecule has 1 heterocycles. The van der Waals surface area contributed by atoms with E-state index in [1.807, 2.05) is 78.9 Å². The molecule has 1 saturated carbocycles. The van der Waals surface area contributed by atoms with Crippen molar-refractivity contribution in [3.05, 3.63) is 131 Å². The van der Waals surface area contributed by atoms with Crippen molar-refractivity contribution in [2.24, 2.45) is 17.6 Å². The Balaban J connectivity index is 1.17. The number of piperidine rings is 1. The Morgan fingerprint density at radius 1 is 0.731 bits per heavy atom. The molecule has 67 heavy (non-hydrogen) atoms. The van der Waals surface area contributed by atoms with E-state index in [-0.39, 0.29) is 35.9 Å².